The Morgan fingerprint density at radius 1 is 0.778 bits per heavy atom. The largest absolute Gasteiger partial charge is 0.463 e. The summed E-state index contributed by atoms with van der Waals surface area (Å²) < 4.78 is 23.2. The van der Waals surface area contributed by atoms with E-state index in [-0.39, 0.29) is 12.5 Å². The fraction of sp³-hybridized carbons (Fsp3) is 0.270. The molecule has 2 saturated heterocycles. The van der Waals surface area contributed by atoms with Crippen LogP contribution in [0.1, 0.15) is 38.3 Å². The molecule has 45 heavy (non-hydrogen) atoms. The van der Waals surface area contributed by atoms with E-state index in [9.17, 15) is 14.4 Å². The van der Waals surface area contributed by atoms with Crippen molar-refractivity contribution in [2.24, 2.45) is 0 Å². The third-order valence-electron chi connectivity index (χ3n) is 8.69. The summed E-state index contributed by atoms with van der Waals surface area (Å²) in [5.74, 6) is -1.08. The third-order valence-corrected chi connectivity index (χ3v) is 8.69. The highest BCUT2D eigenvalue weighted by molar-refractivity contribution is 6.23. The molecule has 7 rings (SSSR count). The van der Waals surface area contributed by atoms with Gasteiger partial charge in [0.25, 0.3) is 5.91 Å². The number of rotatable bonds is 7. The molecule has 0 radical (unpaired) electrons. The summed E-state index contributed by atoms with van der Waals surface area (Å²) in [6, 6.07) is 32.3. The van der Waals surface area contributed by atoms with E-state index in [1.54, 1.807) is 0 Å². The molecule has 8 nitrogen and oxygen atoms in total. The van der Waals surface area contributed by atoms with E-state index in [2.05, 4.69) is 42.5 Å². The molecular weight excluding hydrogens is 570 g/mol. The Morgan fingerprint density at radius 3 is 2.22 bits per heavy atom. The van der Waals surface area contributed by atoms with Gasteiger partial charge in [-0.15, -0.1) is 0 Å². The fourth-order valence-corrected chi connectivity index (χ4v) is 6.67. The van der Waals surface area contributed by atoms with Gasteiger partial charge in [0.05, 0.1) is 11.7 Å². The minimum atomic E-state index is -0.806. The summed E-state index contributed by atoms with van der Waals surface area (Å²) in [6.07, 6.45) is -2.00. The molecule has 2 aliphatic heterocycles. The number of β-lactam (4-membered cyclic amide) rings is 1. The molecule has 5 atom stereocenters. The summed E-state index contributed by atoms with van der Waals surface area (Å²) in [7, 11) is 0. The Labute approximate surface area is 260 Å². The summed E-state index contributed by atoms with van der Waals surface area (Å²) in [5, 5.41) is 6.50. The fourth-order valence-electron chi connectivity index (χ4n) is 6.67. The number of amides is 1. The molecule has 2 aliphatic rings. The number of fused-ring (bicyclic) bond motifs is 5. The Balaban J connectivity index is 1.26. The van der Waals surface area contributed by atoms with Crippen LogP contribution in [-0.2, 0) is 33.3 Å². The lowest BCUT2D eigenvalue weighted by Gasteiger charge is -2.49. The first-order valence-electron chi connectivity index (χ1n) is 15.2. The van der Waals surface area contributed by atoms with Crippen LogP contribution >= 0.6 is 0 Å². The van der Waals surface area contributed by atoms with Gasteiger partial charge in [0, 0.05) is 25.7 Å². The molecule has 0 spiro atoms. The van der Waals surface area contributed by atoms with E-state index < -0.39 is 42.6 Å². The molecule has 2 heterocycles. The van der Waals surface area contributed by atoms with Crippen molar-refractivity contribution in [2.45, 2.75) is 57.3 Å². The number of hydrogen-bond acceptors (Lipinski definition) is 7. The van der Waals surface area contributed by atoms with E-state index in [0.29, 0.717) is 12.8 Å². The van der Waals surface area contributed by atoms with Crippen molar-refractivity contribution < 1.29 is 33.3 Å². The van der Waals surface area contributed by atoms with Crippen LogP contribution in [0.4, 0.5) is 5.69 Å². The number of nitrogens with zero attached hydrogens (tertiary/aromatic N) is 1. The minimum absolute atomic E-state index is 0.0863. The monoisotopic (exact) mass is 603 g/mol. The van der Waals surface area contributed by atoms with Crippen LogP contribution in [0.3, 0.4) is 0 Å². The Morgan fingerprint density at radius 2 is 1.47 bits per heavy atom. The van der Waals surface area contributed by atoms with Gasteiger partial charge in [-0.3, -0.25) is 19.3 Å². The summed E-state index contributed by atoms with van der Waals surface area (Å²) in [4.78, 5) is 39.2. The van der Waals surface area contributed by atoms with Gasteiger partial charge in [-0.2, -0.15) is 0 Å². The zero-order valence-electron chi connectivity index (χ0n) is 25.1. The predicted molar refractivity (Wildman–Crippen MR) is 171 cm³/mol. The van der Waals surface area contributed by atoms with Gasteiger partial charge < -0.3 is 18.9 Å². The highest BCUT2D eigenvalue weighted by atomic mass is 16.7. The van der Waals surface area contributed by atoms with Crippen molar-refractivity contribution in [2.75, 3.05) is 11.5 Å². The molecule has 2 fully saturated rings. The molecule has 0 aliphatic carbocycles. The first-order chi connectivity index (χ1) is 21.9. The molecule has 5 aromatic carbocycles. The lowest BCUT2D eigenvalue weighted by atomic mass is 9.87. The zero-order chi connectivity index (χ0) is 31.1. The summed E-state index contributed by atoms with van der Waals surface area (Å²) in [5.41, 5.74) is 1.76. The first kappa shape index (κ1) is 29.0. The summed E-state index contributed by atoms with van der Waals surface area (Å²) >= 11 is 0. The highest BCUT2D eigenvalue weighted by Gasteiger charge is 2.52. The summed E-state index contributed by atoms with van der Waals surface area (Å²) in [6.45, 7) is 2.55. The normalized spacial score (nSPS) is 23.2. The van der Waals surface area contributed by atoms with E-state index in [1.807, 2.05) is 59.5 Å². The van der Waals surface area contributed by atoms with Gasteiger partial charge in [0.15, 0.2) is 12.4 Å². The van der Waals surface area contributed by atoms with Gasteiger partial charge >= 0.3 is 11.9 Å². The van der Waals surface area contributed by atoms with Gasteiger partial charge in [0.2, 0.25) is 0 Å². The Bertz CT molecular complexity index is 1920. The van der Waals surface area contributed by atoms with Crippen molar-refractivity contribution in [1.82, 2.24) is 0 Å². The second-order valence-electron chi connectivity index (χ2n) is 11.6. The number of anilines is 1. The number of esters is 2. The zero-order valence-corrected chi connectivity index (χ0v) is 25.1. The number of carbonyl (C=O) groups excluding carboxylic acids is 3. The standard InChI is InChI=1S/C37H33NO7/c1-22(39)42-21-33-32(43-23(2)40)18-19-34(44-33)45-36-35(25-11-4-3-5-12-25)38(37(36)41)31-20-30-26-13-7-6-10-24(26)16-17-28(30)27-14-8-9-15-29(27)31/h3-17,20,32-36H,18-19,21H2,1-2H3/t32-,33-,34-,35-,36-/m1/s1. The number of hydrogen-bond donors (Lipinski definition) is 0. The van der Waals surface area contributed by atoms with Crippen LogP contribution in [0.2, 0.25) is 0 Å². The number of benzene rings is 5. The van der Waals surface area contributed by atoms with Crippen molar-refractivity contribution in [1.29, 1.82) is 0 Å². The van der Waals surface area contributed by atoms with Crippen molar-refractivity contribution in [3.8, 4) is 0 Å². The second-order valence-corrected chi connectivity index (χ2v) is 11.6. The van der Waals surface area contributed by atoms with Crippen LogP contribution in [0.5, 0.6) is 0 Å². The van der Waals surface area contributed by atoms with Crippen LogP contribution in [-0.4, -0.2) is 49.1 Å². The highest BCUT2D eigenvalue weighted by Crippen LogP contribution is 2.47. The molecule has 0 bridgehead atoms. The maximum atomic E-state index is 14.2. The van der Waals surface area contributed by atoms with E-state index in [1.165, 1.54) is 13.8 Å². The van der Waals surface area contributed by atoms with Crippen LogP contribution in [0.15, 0.2) is 97.1 Å². The van der Waals surface area contributed by atoms with Crippen molar-refractivity contribution >= 4 is 55.9 Å². The number of ether oxygens (including phenoxy) is 4. The Kier molecular flexibility index (Phi) is 7.69. The average molecular weight is 604 g/mol. The van der Waals surface area contributed by atoms with Crippen LogP contribution in [0.25, 0.3) is 32.3 Å². The third kappa shape index (κ3) is 5.41. The molecule has 8 heteroatoms. The smallest absolute Gasteiger partial charge is 0.302 e. The van der Waals surface area contributed by atoms with Crippen molar-refractivity contribution in [3.05, 3.63) is 103 Å². The second kappa shape index (κ2) is 12.0. The van der Waals surface area contributed by atoms with Crippen LogP contribution in [0, 0.1) is 0 Å². The average Bonchev–Trinajstić information content (AvgIpc) is 3.05. The van der Waals surface area contributed by atoms with Gasteiger partial charge in [-0.25, -0.2) is 0 Å². The molecule has 0 N–H and O–H groups in total. The molecule has 0 aromatic heterocycles. The molecular formula is C37H33NO7. The first-order valence-corrected chi connectivity index (χ1v) is 15.2. The SMILES string of the molecule is CC(=O)OC[C@H]1O[C@H](O[C@H]2C(=O)N(c3cc4c5ccccc5ccc4c4ccccc34)[C@@H]2c2ccccc2)CC[C@H]1OC(C)=O. The lowest BCUT2D eigenvalue weighted by Crippen LogP contribution is -2.62. The number of carbonyl (C=O) groups is 3. The van der Waals surface area contributed by atoms with Gasteiger partial charge in [0.1, 0.15) is 18.8 Å². The van der Waals surface area contributed by atoms with E-state index in [0.717, 1.165) is 43.6 Å². The lowest BCUT2D eigenvalue weighted by molar-refractivity contribution is -0.255. The molecule has 1 amide bonds. The van der Waals surface area contributed by atoms with Gasteiger partial charge in [-0.1, -0.05) is 91.0 Å². The molecule has 0 saturated carbocycles. The topological polar surface area (TPSA) is 91.4 Å². The Hall–Kier alpha value is -4.79. The molecule has 228 valence electrons. The van der Waals surface area contributed by atoms with E-state index >= 15 is 0 Å². The maximum Gasteiger partial charge on any atom is 0.302 e. The van der Waals surface area contributed by atoms with E-state index in [4.69, 9.17) is 18.9 Å². The van der Waals surface area contributed by atoms with Crippen molar-refractivity contribution in [3.63, 3.8) is 0 Å². The minimum Gasteiger partial charge on any atom is -0.463 e. The maximum absolute atomic E-state index is 14.2. The predicted octanol–water partition coefficient (Wildman–Crippen LogP) is 6.62. The quantitative estimate of drug-likeness (QED) is 0.117. The molecule has 0 unspecified atom stereocenters. The molecule has 5 aromatic rings. The van der Waals surface area contributed by atoms with Gasteiger partial charge in [-0.05, 0) is 45.0 Å². The van der Waals surface area contributed by atoms with Crippen LogP contribution < -0.4 is 4.90 Å².